The number of hydrogen-bond acceptors (Lipinski definition) is 3. The Morgan fingerprint density at radius 3 is 2.50 bits per heavy atom. The molecule has 1 N–H and O–H groups in total. The average molecular weight is 363 g/mol. The molecule has 0 fully saturated rings. The molecule has 0 aliphatic carbocycles. The van der Waals surface area contributed by atoms with Gasteiger partial charge in [-0.1, -0.05) is 32.9 Å². The Kier molecular flexibility index (Phi) is 7.60. The van der Waals surface area contributed by atoms with Crippen LogP contribution >= 0.6 is 0 Å². The van der Waals surface area contributed by atoms with E-state index in [0.717, 1.165) is 6.42 Å². The normalized spacial score (nSPS) is 14.0. The summed E-state index contributed by atoms with van der Waals surface area (Å²) in [7, 11) is -3.40. The molecular weight excluding hydrogens is 336 g/mol. The lowest BCUT2D eigenvalue weighted by Crippen LogP contribution is -2.29. The second-order valence-electron chi connectivity index (χ2n) is 7.10. The molecule has 0 amide bonds. The van der Waals surface area contributed by atoms with Crippen molar-refractivity contribution in [3.63, 3.8) is 0 Å². The summed E-state index contributed by atoms with van der Waals surface area (Å²) in [5.74, 6) is 0.363. The van der Waals surface area contributed by atoms with Crippen LogP contribution in [0, 0.1) is 5.41 Å². The second kappa shape index (κ2) is 8.76. The molecule has 0 unspecified atom stereocenters. The molecule has 0 heterocycles. The lowest BCUT2D eigenvalue weighted by molar-refractivity contribution is 0.0818. The van der Waals surface area contributed by atoms with Gasteiger partial charge in [-0.25, -0.2) is 21.9 Å². The molecular formula is C17H27F2NO3S. The van der Waals surface area contributed by atoms with E-state index in [-0.39, 0.29) is 11.2 Å². The van der Waals surface area contributed by atoms with E-state index in [1.807, 2.05) is 0 Å². The van der Waals surface area contributed by atoms with Gasteiger partial charge < -0.3 is 4.74 Å². The monoisotopic (exact) mass is 363 g/mol. The number of alkyl halides is 2. The molecule has 0 spiro atoms. The van der Waals surface area contributed by atoms with Gasteiger partial charge in [0.05, 0.1) is 5.75 Å². The van der Waals surface area contributed by atoms with Crippen LogP contribution in [-0.2, 0) is 10.0 Å². The van der Waals surface area contributed by atoms with Gasteiger partial charge in [-0.2, -0.15) is 0 Å². The number of benzene rings is 1. The van der Waals surface area contributed by atoms with Gasteiger partial charge in [0.15, 0.2) is 0 Å². The van der Waals surface area contributed by atoms with Crippen molar-refractivity contribution < 1.29 is 21.9 Å². The van der Waals surface area contributed by atoms with Crippen LogP contribution in [0.15, 0.2) is 24.3 Å². The molecule has 0 aromatic heterocycles. The molecule has 0 saturated heterocycles. The minimum atomic E-state index is -3.40. The number of nitrogens with one attached hydrogen (secondary N) is 1. The van der Waals surface area contributed by atoms with Crippen molar-refractivity contribution in [2.75, 3.05) is 12.4 Å². The zero-order valence-corrected chi connectivity index (χ0v) is 15.5. The van der Waals surface area contributed by atoms with Gasteiger partial charge in [0.25, 0.3) is 6.43 Å². The summed E-state index contributed by atoms with van der Waals surface area (Å²) in [6.07, 6.45) is -1.14. The van der Waals surface area contributed by atoms with E-state index in [9.17, 15) is 17.2 Å². The molecule has 24 heavy (non-hydrogen) atoms. The van der Waals surface area contributed by atoms with Crippen LogP contribution in [-0.4, -0.2) is 27.2 Å². The van der Waals surface area contributed by atoms with E-state index in [4.69, 9.17) is 4.74 Å². The molecule has 0 bridgehead atoms. The van der Waals surface area contributed by atoms with Crippen LogP contribution in [0.4, 0.5) is 8.78 Å². The molecule has 1 rings (SSSR count). The van der Waals surface area contributed by atoms with Crippen molar-refractivity contribution in [2.45, 2.75) is 53.0 Å². The van der Waals surface area contributed by atoms with Gasteiger partial charge in [-0.05, 0) is 42.9 Å². The van der Waals surface area contributed by atoms with Crippen molar-refractivity contribution in [1.82, 2.24) is 4.72 Å². The minimum Gasteiger partial charge on any atom is -0.488 e. The molecule has 7 heteroatoms. The largest absolute Gasteiger partial charge is 0.488 e. The average Bonchev–Trinajstić information content (AvgIpc) is 2.43. The van der Waals surface area contributed by atoms with Gasteiger partial charge in [0.1, 0.15) is 12.4 Å². The van der Waals surface area contributed by atoms with Crippen molar-refractivity contribution in [1.29, 1.82) is 0 Å². The van der Waals surface area contributed by atoms with Crippen molar-refractivity contribution >= 4 is 10.0 Å². The first-order valence-corrected chi connectivity index (χ1v) is 9.65. The SMILES string of the molecule is C[C@@H](NS(=O)(=O)CCCC(C)(C)C)c1cccc(OCC(F)F)c1. The summed E-state index contributed by atoms with van der Waals surface area (Å²) in [4.78, 5) is 0. The molecule has 0 aliphatic heterocycles. The van der Waals surface area contributed by atoms with Crippen molar-refractivity contribution in [2.24, 2.45) is 5.41 Å². The highest BCUT2D eigenvalue weighted by Crippen LogP contribution is 2.22. The molecule has 138 valence electrons. The van der Waals surface area contributed by atoms with Crippen LogP contribution in [0.3, 0.4) is 0 Å². The Hall–Kier alpha value is -1.21. The maximum absolute atomic E-state index is 12.2. The summed E-state index contributed by atoms with van der Waals surface area (Å²) in [5, 5.41) is 0. The zero-order valence-electron chi connectivity index (χ0n) is 14.7. The van der Waals surface area contributed by atoms with Gasteiger partial charge >= 0.3 is 0 Å². The fourth-order valence-corrected chi connectivity index (χ4v) is 3.54. The summed E-state index contributed by atoms with van der Waals surface area (Å²) in [6.45, 7) is 7.24. The highest BCUT2D eigenvalue weighted by atomic mass is 32.2. The highest BCUT2D eigenvalue weighted by molar-refractivity contribution is 7.89. The van der Waals surface area contributed by atoms with E-state index in [0.29, 0.717) is 17.7 Å². The second-order valence-corrected chi connectivity index (χ2v) is 8.97. The molecule has 4 nitrogen and oxygen atoms in total. The van der Waals surface area contributed by atoms with E-state index in [1.165, 1.54) is 0 Å². The number of hydrogen-bond donors (Lipinski definition) is 1. The zero-order chi connectivity index (χ0) is 18.4. The third kappa shape index (κ3) is 8.59. The summed E-state index contributed by atoms with van der Waals surface area (Å²) in [5.41, 5.74) is 0.762. The Balaban J connectivity index is 2.63. The Labute approximate surface area is 143 Å². The first kappa shape index (κ1) is 20.8. The summed E-state index contributed by atoms with van der Waals surface area (Å²) in [6, 6.07) is 6.07. The smallest absolute Gasteiger partial charge is 0.272 e. The molecule has 1 aromatic carbocycles. The predicted octanol–water partition coefficient (Wildman–Crippen LogP) is 4.14. The van der Waals surface area contributed by atoms with Gasteiger partial charge in [0.2, 0.25) is 10.0 Å². The maximum atomic E-state index is 12.2. The maximum Gasteiger partial charge on any atom is 0.272 e. The van der Waals surface area contributed by atoms with E-state index >= 15 is 0 Å². The summed E-state index contributed by atoms with van der Waals surface area (Å²) >= 11 is 0. The van der Waals surface area contributed by atoms with E-state index in [2.05, 4.69) is 25.5 Å². The predicted molar refractivity (Wildman–Crippen MR) is 92.0 cm³/mol. The minimum absolute atomic E-state index is 0.0657. The Morgan fingerprint density at radius 2 is 1.92 bits per heavy atom. The topological polar surface area (TPSA) is 55.4 Å². The first-order valence-electron chi connectivity index (χ1n) is 7.99. The van der Waals surface area contributed by atoms with Crippen molar-refractivity contribution in [3.8, 4) is 5.75 Å². The van der Waals surface area contributed by atoms with E-state index < -0.39 is 29.1 Å². The van der Waals surface area contributed by atoms with Crippen LogP contribution in [0.1, 0.15) is 52.1 Å². The lowest BCUT2D eigenvalue weighted by Gasteiger charge is -2.19. The summed E-state index contributed by atoms with van der Waals surface area (Å²) < 4.78 is 56.3. The third-order valence-electron chi connectivity index (χ3n) is 3.43. The quantitative estimate of drug-likeness (QED) is 0.717. The van der Waals surface area contributed by atoms with E-state index in [1.54, 1.807) is 31.2 Å². The fourth-order valence-electron chi connectivity index (χ4n) is 2.22. The lowest BCUT2D eigenvalue weighted by atomic mass is 9.91. The van der Waals surface area contributed by atoms with Crippen LogP contribution < -0.4 is 9.46 Å². The van der Waals surface area contributed by atoms with Gasteiger partial charge in [0, 0.05) is 6.04 Å². The molecule has 1 atom stereocenters. The molecule has 0 saturated carbocycles. The standard InChI is InChI=1S/C17H27F2NO3S/c1-13(20-24(21,22)10-6-9-17(2,3)4)14-7-5-8-15(11-14)23-12-16(18)19/h5,7-8,11,13,16,20H,6,9-10,12H2,1-4H3/t13-/m1/s1. The molecule has 0 aliphatic rings. The highest BCUT2D eigenvalue weighted by Gasteiger charge is 2.18. The van der Waals surface area contributed by atoms with Crippen LogP contribution in [0.5, 0.6) is 5.75 Å². The number of ether oxygens (including phenoxy) is 1. The van der Waals surface area contributed by atoms with Crippen molar-refractivity contribution in [3.05, 3.63) is 29.8 Å². The Bertz CT molecular complexity index is 613. The number of sulfonamides is 1. The fraction of sp³-hybridized carbons (Fsp3) is 0.647. The third-order valence-corrected chi connectivity index (χ3v) is 4.97. The first-order chi connectivity index (χ1) is 11.0. The Morgan fingerprint density at radius 1 is 1.25 bits per heavy atom. The number of rotatable bonds is 9. The molecule has 1 aromatic rings. The molecule has 0 radical (unpaired) electrons. The van der Waals surface area contributed by atoms with Crippen LogP contribution in [0.2, 0.25) is 0 Å². The van der Waals surface area contributed by atoms with Crippen LogP contribution in [0.25, 0.3) is 0 Å². The number of halogens is 2. The van der Waals surface area contributed by atoms with Gasteiger partial charge in [-0.15, -0.1) is 0 Å². The van der Waals surface area contributed by atoms with Gasteiger partial charge in [-0.3, -0.25) is 0 Å².